The normalized spacial score (nSPS) is 11.4. The number of non-ortho nitro benzene ring substituents is 1. The lowest BCUT2D eigenvalue weighted by molar-refractivity contribution is -0.384. The zero-order chi connectivity index (χ0) is 25.2. The number of phenols is 1. The van der Waals surface area contributed by atoms with Crippen molar-refractivity contribution in [2.75, 3.05) is 5.32 Å². The van der Waals surface area contributed by atoms with E-state index < -0.39 is 10.8 Å². The van der Waals surface area contributed by atoms with Gasteiger partial charge in [-0.15, -0.1) is 10.2 Å². The van der Waals surface area contributed by atoms with Crippen molar-refractivity contribution < 1.29 is 19.9 Å². The minimum absolute atomic E-state index is 0.00122. The highest BCUT2D eigenvalue weighted by Gasteiger charge is 2.19. The molecule has 0 spiro atoms. The predicted molar refractivity (Wildman–Crippen MR) is 136 cm³/mol. The second-order valence-corrected chi connectivity index (χ2v) is 8.55. The number of aromatic nitrogens is 1. The van der Waals surface area contributed by atoms with Gasteiger partial charge in [0.2, 0.25) is 0 Å². The summed E-state index contributed by atoms with van der Waals surface area (Å²) < 4.78 is 4.24. The molecule has 0 saturated carbocycles. The molecular formula is C25H17N5O5S. The maximum atomic E-state index is 13.0. The number of aliphatic hydroxyl groups is 1. The van der Waals surface area contributed by atoms with E-state index >= 15 is 0 Å². The molecule has 0 aliphatic heterocycles. The number of rotatable bonds is 6. The van der Waals surface area contributed by atoms with Crippen LogP contribution in [0.3, 0.4) is 0 Å². The number of azo groups is 1. The Morgan fingerprint density at radius 1 is 1.03 bits per heavy atom. The van der Waals surface area contributed by atoms with E-state index in [9.17, 15) is 25.1 Å². The maximum absolute atomic E-state index is 13.0. The van der Waals surface area contributed by atoms with Gasteiger partial charge in [0.15, 0.2) is 10.8 Å². The molecular weight excluding hydrogens is 482 g/mol. The molecule has 5 rings (SSSR count). The molecule has 36 heavy (non-hydrogen) atoms. The standard InChI is InChI=1S/C25H17N5O5S/c31-13-14-5-7-16(8-6-14)26-24(33)20-11-15-3-1-2-4-18(15)22(23(20)32)27-28-25-19-12-17(30(34)35)9-10-21(19)29-36-25/h1-12,31-32H,13H2,(H,26,33). The first-order valence-electron chi connectivity index (χ1n) is 10.7. The Morgan fingerprint density at radius 3 is 2.56 bits per heavy atom. The van der Waals surface area contributed by atoms with Crippen molar-refractivity contribution in [2.45, 2.75) is 6.61 Å². The van der Waals surface area contributed by atoms with Crippen molar-refractivity contribution in [3.8, 4) is 5.75 Å². The highest BCUT2D eigenvalue weighted by molar-refractivity contribution is 7.11. The summed E-state index contributed by atoms with van der Waals surface area (Å²) in [6, 6.07) is 19.6. The molecule has 0 unspecified atom stereocenters. The zero-order valence-electron chi connectivity index (χ0n) is 18.5. The largest absolute Gasteiger partial charge is 0.505 e. The van der Waals surface area contributed by atoms with Crippen molar-refractivity contribution in [1.82, 2.24) is 4.37 Å². The number of nitrogens with one attached hydrogen (secondary N) is 1. The fourth-order valence-electron chi connectivity index (χ4n) is 3.68. The van der Waals surface area contributed by atoms with Gasteiger partial charge in [0.1, 0.15) is 5.69 Å². The van der Waals surface area contributed by atoms with Gasteiger partial charge in [-0.25, -0.2) is 0 Å². The molecule has 0 atom stereocenters. The Kier molecular flexibility index (Phi) is 6.07. The van der Waals surface area contributed by atoms with Crippen LogP contribution in [0.4, 0.5) is 22.1 Å². The van der Waals surface area contributed by atoms with Gasteiger partial charge in [0, 0.05) is 28.6 Å². The molecule has 1 amide bonds. The summed E-state index contributed by atoms with van der Waals surface area (Å²) in [5.41, 5.74) is 1.71. The smallest absolute Gasteiger partial charge is 0.270 e. The number of amides is 1. The highest BCUT2D eigenvalue weighted by Crippen LogP contribution is 2.41. The minimum Gasteiger partial charge on any atom is -0.505 e. The Balaban J connectivity index is 1.55. The van der Waals surface area contributed by atoms with Crippen molar-refractivity contribution in [2.24, 2.45) is 10.2 Å². The molecule has 4 aromatic carbocycles. The van der Waals surface area contributed by atoms with E-state index in [1.807, 2.05) is 0 Å². The van der Waals surface area contributed by atoms with E-state index in [-0.39, 0.29) is 29.3 Å². The van der Waals surface area contributed by atoms with Crippen LogP contribution >= 0.6 is 11.5 Å². The maximum Gasteiger partial charge on any atom is 0.270 e. The zero-order valence-corrected chi connectivity index (χ0v) is 19.3. The van der Waals surface area contributed by atoms with Crippen molar-refractivity contribution >= 4 is 61.2 Å². The highest BCUT2D eigenvalue weighted by atomic mass is 32.1. The molecule has 1 aromatic heterocycles. The fourth-order valence-corrected chi connectivity index (χ4v) is 4.36. The van der Waals surface area contributed by atoms with E-state index in [2.05, 4.69) is 19.9 Å². The minimum atomic E-state index is -0.551. The summed E-state index contributed by atoms with van der Waals surface area (Å²) in [6.45, 7) is -0.115. The number of nitro groups is 1. The van der Waals surface area contributed by atoms with Crippen LogP contribution in [0, 0.1) is 10.1 Å². The molecule has 0 saturated heterocycles. The second kappa shape index (κ2) is 9.49. The van der Waals surface area contributed by atoms with Gasteiger partial charge in [-0.2, -0.15) is 4.37 Å². The van der Waals surface area contributed by atoms with Crippen molar-refractivity contribution in [1.29, 1.82) is 0 Å². The monoisotopic (exact) mass is 499 g/mol. The predicted octanol–water partition coefficient (Wildman–Crippen LogP) is 6.22. The molecule has 0 fully saturated rings. The number of carbonyl (C=O) groups excluding carboxylic acids is 1. The number of anilines is 1. The van der Waals surface area contributed by atoms with Crippen LogP contribution in [0.25, 0.3) is 21.7 Å². The lowest BCUT2D eigenvalue weighted by atomic mass is 10.0. The van der Waals surface area contributed by atoms with Crippen molar-refractivity contribution in [3.05, 3.63) is 94.0 Å². The topological polar surface area (TPSA) is 150 Å². The molecule has 1 heterocycles. The third-order valence-corrected chi connectivity index (χ3v) is 6.29. The summed E-state index contributed by atoms with van der Waals surface area (Å²) >= 11 is 1.02. The number of benzene rings is 4. The number of nitro benzene ring substituents is 1. The van der Waals surface area contributed by atoms with E-state index in [0.29, 0.717) is 37.9 Å². The third-order valence-electron chi connectivity index (χ3n) is 5.53. The average molecular weight is 500 g/mol. The SMILES string of the molecule is O=C(Nc1ccc(CO)cc1)c1cc2ccccc2c(N=Nc2snc3ccc([N+](=O)[O-])cc23)c1O. The summed E-state index contributed by atoms with van der Waals surface area (Å²) in [6.07, 6.45) is 0. The van der Waals surface area contributed by atoms with Gasteiger partial charge in [-0.1, -0.05) is 36.4 Å². The fraction of sp³-hybridized carbons (Fsp3) is 0.0400. The van der Waals surface area contributed by atoms with Gasteiger partial charge in [-0.05, 0) is 46.7 Å². The number of aliphatic hydroxyl groups excluding tert-OH is 1. The van der Waals surface area contributed by atoms with Gasteiger partial charge in [0.25, 0.3) is 11.6 Å². The number of hydrogen-bond acceptors (Lipinski definition) is 9. The third kappa shape index (κ3) is 4.35. The van der Waals surface area contributed by atoms with Gasteiger partial charge in [-0.3, -0.25) is 14.9 Å². The van der Waals surface area contributed by atoms with Gasteiger partial charge < -0.3 is 15.5 Å². The van der Waals surface area contributed by atoms with Crippen LogP contribution in [0.15, 0.2) is 83.0 Å². The number of aromatic hydroxyl groups is 1. The summed E-state index contributed by atoms with van der Waals surface area (Å²) in [4.78, 5) is 23.7. The summed E-state index contributed by atoms with van der Waals surface area (Å²) in [5.74, 6) is -0.910. The van der Waals surface area contributed by atoms with Crippen LogP contribution in [0.2, 0.25) is 0 Å². The molecule has 0 bridgehead atoms. The lowest BCUT2D eigenvalue weighted by Gasteiger charge is -2.11. The first-order valence-corrected chi connectivity index (χ1v) is 11.4. The lowest BCUT2D eigenvalue weighted by Crippen LogP contribution is -2.12. The van der Waals surface area contributed by atoms with Crippen LogP contribution in [-0.2, 0) is 6.61 Å². The number of carbonyl (C=O) groups is 1. The first-order chi connectivity index (χ1) is 17.4. The average Bonchev–Trinajstić information content (AvgIpc) is 3.30. The van der Waals surface area contributed by atoms with E-state index in [1.165, 1.54) is 18.2 Å². The first kappa shape index (κ1) is 23.0. The van der Waals surface area contributed by atoms with E-state index in [4.69, 9.17) is 0 Å². The summed E-state index contributed by atoms with van der Waals surface area (Å²) in [5, 5.41) is 44.6. The Labute approximate surface area is 207 Å². The van der Waals surface area contributed by atoms with Crippen LogP contribution in [0.5, 0.6) is 5.75 Å². The molecule has 178 valence electrons. The van der Waals surface area contributed by atoms with E-state index in [0.717, 1.165) is 11.5 Å². The van der Waals surface area contributed by atoms with Crippen LogP contribution in [0.1, 0.15) is 15.9 Å². The molecule has 10 nitrogen and oxygen atoms in total. The molecule has 0 aliphatic rings. The Bertz CT molecular complexity index is 1660. The molecule has 3 N–H and O–H groups in total. The molecule has 11 heteroatoms. The Morgan fingerprint density at radius 2 is 1.81 bits per heavy atom. The van der Waals surface area contributed by atoms with Crippen LogP contribution in [-0.4, -0.2) is 25.4 Å². The number of phenolic OH excluding ortho intramolecular Hbond substituents is 1. The van der Waals surface area contributed by atoms with Crippen molar-refractivity contribution in [3.63, 3.8) is 0 Å². The quantitative estimate of drug-likeness (QED) is 0.143. The Hall–Kier alpha value is -4.74. The molecule has 5 aromatic rings. The van der Waals surface area contributed by atoms with Crippen LogP contribution < -0.4 is 5.32 Å². The van der Waals surface area contributed by atoms with Gasteiger partial charge >= 0.3 is 0 Å². The second-order valence-electron chi connectivity index (χ2n) is 7.80. The number of fused-ring (bicyclic) bond motifs is 2. The number of nitrogens with zero attached hydrogens (tertiary/aromatic N) is 4. The van der Waals surface area contributed by atoms with Gasteiger partial charge in [0.05, 0.1) is 22.6 Å². The summed E-state index contributed by atoms with van der Waals surface area (Å²) in [7, 11) is 0. The molecule has 0 radical (unpaired) electrons. The van der Waals surface area contributed by atoms with E-state index in [1.54, 1.807) is 54.6 Å². The molecule has 0 aliphatic carbocycles. The number of hydrogen-bond donors (Lipinski definition) is 3.